The highest BCUT2D eigenvalue weighted by Crippen LogP contribution is 2.30. The highest BCUT2D eigenvalue weighted by atomic mass is 32.2. The smallest absolute Gasteiger partial charge is 0.216 e. The van der Waals surface area contributed by atoms with Crippen LogP contribution in [0, 0.1) is 11.3 Å². The Balaban J connectivity index is 2.30. The minimum absolute atomic E-state index is 0.0839. The van der Waals surface area contributed by atoms with E-state index in [4.69, 9.17) is 9.47 Å². The van der Waals surface area contributed by atoms with Crippen LogP contribution < -0.4 is 9.47 Å². The number of hydrogen-bond acceptors (Lipinski definition) is 5. The number of sulfone groups is 1. The van der Waals surface area contributed by atoms with E-state index in [1.54, 1.807) is 42.5 Å². The molecule has 0 aliphatic carbocycles. The van der Waals surface area contributed by atoms with Crippen LogP contribution in [0.5, 0.6) is 11.5 Å². The number of benzene rings is 2. The van der Waals surface area contributed by atoms with E-state index in [0.717, 1.165) is 19.3 Å². The van der Waals surface area contributed by atoms with Crippen LogP contribution in [-0.2, 0) is 9.84 Å². The zero-order chi connectivity index (χ0) is 19.7. The van der Waals surface area contributed by atoms with Crippen molar-refractivity contribution in [1.29, 1.82) is 5.26 Å². The third-order valence-corrected chi connectivity index (χ3v) is 5.63. The molecule has 0 unspecified atom stereocenters. The summed E-state index contributed by atoms with van der Waals surface area (Å²) >= 11 is 0. The highest BCUT2D eigenvalue weighted by Gasteiger charge is 2.20. The SMILES string of the molecule is CCCCCOc1ccc(/C=C(/C#N)S(=O)(=O)c2ccccc2)cc1OC. The van der Waals surface area contributed by atoms with Gasteiger partial charge >= 0.3 is 0 Å². The fraction of sp³-hybridized carbons (Fsp3) is 0.286. The Labute approximate surface area is 160 Å². The summed E-state index contributed by atoms with van der Waals surface area (Å²) in [4.78, 5) is -0.243. The Kier molecular flexibility index (Phi) is 7.44. The summed E-state index contributed by atoms with van der Waals surface area (Å²) in [6.07, 6.45) is 4.49. The second-order valence-corrected chi connectivity index (χ2v) is 7.82. The lowest BCUT2D eigenvalue weighted by Gasteiger charge is -2.11. The first-order valence-corrected chi connectivity index (χ1v) is 10.2. The van der Waals surface area contributed by atoms with Crippen LogP contribution in [0.25, 0.3) is 6.08 Å². The maximum absolute atomic E-state index is 12.6. The molecule has 27 heavy (non-hydrogen) atoms. The van der Waals surface area contributed by atoms with E-state index in [2.05, 4.69) is 6.92 Å². The first-order chi connectivity index (χ1) is 13.0. The predicted molar refractivity (Wildman–Crippen MR) is 105 cm³/mol. The summed E-state index contributed by atoms with van der Waals surface area (Å²) < 4.78 is 36.4. The van der Waals surface area contributed by atoms with Gasteiger partial charge in [0.1, 0.15) is 11.0 Å². The van der Waals surface area contributed by atoms with Crippen LogP contribution in [0.3, 0.4) is 0 Å². The van der Waals surface area contributed by atoms with E-state index < -0.39 is 9.84 Å². The molecule has 0 radical (unpaired) electrons. The minimum atomic E-state index is -3.87. The Morgan fingerprint density at radius 3 is 2.48 bits per heavy atom. The van der Waals surface area contributed by atoms with E-state index in [1.165, 1.54) is 25.3 Å². The molecule has 0 aromatic heterocycles. The largest absolute Gasteiger partial charge is 0.493 e. The molecule has 2 aromatic rings. The fourth-order valence-corrected chi connectivity index (χ4v) is 3.66. The van der Waals surface area contributed by atoms with Crippen molar-refractivity contribution in [2.24, 2.45) is 0 Å². The number of allylic oxidation sites excluding steroid dienone is 1. The zero-order valence-corrected chi connectivity index (χ0v) is 16.3. The summed E-state index contributed by atoms with van der Waals surface area (Å²) in [5, 5.41) is 9.38. The molecule has 2 aromatic carbocycles. The number of hydrogen-bond donors (Lipinski definition) is 0. The molecule has 0 heterocycles. The van der Waals surface area contributed by atoms with E-state index in [0.29, 0.717) is 23.7 Å². The van der Waals surface area contributed by atoms with Crippen molar-refractivity contribution >= 4 is 15.9 Å². The monoisotopic (exact) mass is 385 g/mol. The molecule has 0 saturated carbocycles. The highest BCUT2D eigenvalue weighted by molar-refractivity contribution is 7.95. The van der Waals surface area contributed by atoms with Crippen LogP contribution in [0.15, 0.2) is 58.3 Å². The maximum Gasteiger partial charge on any atom is 0.216 e. The summed E-state index contributed by atoms with van der Waals surface area (Å²) in [5.41, 5.74) is 0.545. The van der Waals surface area contributed by atoms with Gasteiger partial charge in [-0.2, -0.15) is 5.26 Å². The number of unbranched alkanes of at least 4 members (excludes halogenated alkanes) is 2. The molecule has 0 saturated heterocycles. The summed E-state index contributed by atoms with van der Waals surface area (Å²) in [6, 6.07) is 14.8. The summed E-state index contributed by atoms with van der Waals surface area (Å²) in [6.45, 7) is 2.71. The lowest BCUT2D eigenvalue weighted by molar-refractivity contribution is 0.286. The number of methoxy groups -OCH3 is 1. The van der Waals surface area contributed by atoms with Gasteiger partial charge in [0.05, 0.1) is 18.6 Å². The van der Waals surface area contributed by atoms with Gasteiger partial charge in [-0.1, -0.05) is 44.0 Å². The predicted octanol–water partition coefficient (Wildman–Crippen LogP) is 4.60. The fourth-order valence-electron chi connectivity index (χ4n) is 2.48. The van der Waals surface area contributed by atoms with E-state index in [-0.39, 0.29) is 9.80 Å². The first kappa shape index (κ1) is 20.5. The lowest BCUT2D eigenvalue weighted by atomic mass is 10.2. The van der Waals surface area contributed by atoms with Gasteiger partial charge in [0.2, 0.25) is 9.84 Å². The van der Waals surface area contributed by atoms with Crippen molar-refractivity contribution in [2.75, 3.05) is 13.7 Å². The Morgan fingerprint density at radius 2 is 1.85 bits per heavy atom. The van der Waals surface area contributed by atoms with Crippen LogP contribution in [0.2, 0.25) is 0 Å². The normalized spacial score (nSPS) is 11.7. The molecule has 0 aliphatic rings. The molecule has 0 aliphatic heterocycles. The van der Waals surface area contributed by atoms with Crippen molar-refractivity contribution < 1.29 is 17.9 Å². The topological polar surface area (TPSA) is 76.4 Å². The third kappa shape index (κ3) is 5.35. The van der Waals surface area contributed by atoms with E-state index in [1.807, 2.05) is 0 Å². The number of nitriles is 1. The molecule has 0 N–H and O–H groups in total. The quantitative estimate of drug-likeness (QED) is 0.466. The average Bonchev–Trinajstić information content (AvgIpc) is 2.70. The number of ether oxygens (including phenoxy) is 2. The molecule has 0 amide bonds. The van der Waals surface area contributed by atoms with E-state index >= 15 is 0 Å². The molecule has 6 heteroatoms. The van der Waals surface area contributed by atoms with Gasteiger partial charge in [-0.05, 0) is 42.3 Å². The van der Waals surface area contributed by atoms with Crippen LogP contribution in [0.1, 0.15) is 31.7 Å². The van der Waals surface area contributed by atoms with Crippen molar-refractivity contribution in [1.82, 2.24) is 0 Å². The Bertz CT molecular complexity index is 928. The zero-order valence-electron chi connectivity index (χ0n) is 15.5. The standard InChI is InChI=1S/C21H23NO4S/c1-3-4-8-13-26-20-12-11-17(15-21(20)25-2)14-19(16-22)27(23,24)18-9-6-5-7-10-18/h5-7,9-12,14-15H,3-4,8,13H2,1-2H3/b19-14-. The lowest BCUT2D eigenvalue weighted by Crippen LogP contribution is -2.03. The molecule has 0 atom stereocenters. The van der Waals surface area contributed by atoms with Gasteiger partial charge in [-0.3, -0.25) is 0 Å². The van der Waals surface area contributed by atoms with Gasteiger partial charge in [0, 0.05) is 0 Å². The molecule has 0 fully saturated rings. The first-order valence-electron chi connectivity index (χ1n) is 8.75. The average molecular weight is 385 g/mol. The van der Waals surface area contributed by atoms with Crippen molar-refractivity contribution in [2.45, 2.75) is 31.1 Å². The number of rotatable bonds is 9. The van der Waals surface area contributed by atoms with E-state index in [9.17, 15) is 13.7 Å². The Morgan fingerprint density at radius 1 is 1.11 bits per heavy atom. The summed E-state index contributed by atoms with van der Waals surface area (Å²) in [7, 11) is -2.35. The van der Waals surface area contributed by atoms with Crippen molar-refractivity contribution in [3.05, 3.63) is 59.0 Å². The molecular weight excluding hydrogens is 362 g/mol. The second kappa shape index (κ2) is 9.79. The maximum atomic E-state index is 12.6. The second-order valence-electron chi connectivity index (χ2n) is 5.90. The molecule has 0 spiro atoms. The van der Waals surface area contributed by atoms with Crippen LogP contribution >= 0.6 is 0 Å². The molecule has 0 bridgehead atoms. The van der Waals surface area contributed by atoms with Gasteiger partial charge < -0.3 is 9.47 Å². The van der Waals surface area contributed by atoms with Crippen molar-refractivity contribution in [3.63, 3.8) is 0 Å². The molecule has 2 rings (SSSR count). The van der Waals surface area contributed by atoms with Gasteiger partial charge in [-0.15, -0.1) is 0 Å². The minimum Gasteiger partial charge on any atom is -0.493 e. The summed E-state index contributed by atoms with van der Waals surface area (Å²) in [5.74, 6) is 1.09. The molecule has 142 valence electrons. The Hall–Kier alpha value is -2.78. The number of nitrogens with zero attached hydrogens (tertiary/aromatic N) is 1. The van der Waals surface area contributed by atoms with Crippen LogP contribution in [0.4, 0.5) is 0 Å². The van der Waals surface area contributed by atoms with Gasteiger partial charge in [-0.25, -0.2) is 8.42 Å². The van der Waals surface area contributed by atoms with Crippen LogP contribution in [-0.4, -0.2) is 22.1 Å². The molecule has 5 nitrogen and oxygen atoms in total. The van der Waals surface area contributed by atoms with Gasteiger partial charge in [0.25, 0.3) is 0 Å². The van der Waals surface area contributed by atoms with Gasteiger partial charge in [0.15, 0.2) is 11.5 Å². The third-order valence-electron chi connectivity index (χ3n) is 3.94. The molecular formula is C21H23NO4S. The van der Waals surface area contributed by atoms with Crippen molar-refractivity contribution in [3.8, 4) is 17.6 Å².